The lowest BCUT2D eigenvalue weighted by Crippen LogP contribution is -2.49. The van der Waals surface area contributed by atoms with Gasteiger partial charge in [0, 0.05) is 49.0 Å². The van der Waals surface area contributed by atoms with Crippen LogP contribution in [-0.4, -0.2) is 51.9 Å². The minimum absolute atomic E-state index is 0.0362. The molecule has 3 heterocycles. The van der Waals surface area contributed by atoms with Gasteiger partial charge in [-0.1, -0.05) is 17.8 Å². The number of hydrogen-bond acceptors (Lipinski definition) is 6. The van der Waals surface area contributed by atoms with Crippen molar-refractivity contribution in [3.63, 3.8) is 0 Å². The number of amides is 1. The third kappa shape index (κ3) is 4.88. The maximum Gasteiger partial charge on any atom is 0.256 e. The molecule has 1 amide bonds. The summed E-state index contributed by atoms with van der Waals surface area (Å²) < 4.78 is 0. The molecular weight excluding hydrogens is 406 g/mol. The molecule has 3 aromatic rings. The third-order valence-corrected chi connectivity index (χ3v) is 6.55. The van der Waals surface area contributed by atoms with Crippen molar-refractivity contribution in [1.82, 2.24) is 19.9 Å². The first-order valence-electron chi connectivity index (χ1n) is 10.5. The fourth-order valence-electron chi connectivity index (χ4n) is 3.69. The molecule has 6 nitrogen and oxygen atoms in total. The number of rotatable bonds is 4. The van der Waals surface area contributed by atoms with Crippen LogP contribution < -0.4 is 4.90 Å². The van der Waals surface area contributed by atoms with Crippen molar-refractivity contribution in [2.45, 2.75) is 37.6 Å². The van der Waals surface area contributed by atoms with Crippen molar-refractivity contribution >= 4 is 23.5 Å². The summed E-state index contributed by atoms with van der Waals surface area (Å²) in [5.74, 6) is 1.75. The normalized spacial score (nSPS) is 14.1. The van der Waals surface area contributed by atoms with E-state index in [9.17, 15) is 4.79 Å². The Morgan fingerprint density at radius 2 is 1.71 bits per heavy atom. The minimum Gasteiger partial charge on any atom is -0.353 e. The quantitative estimate of drug-likeness (QED) is 0.614. The van der Waals surface area contributed by atoms with Crippen LogP contribution in [0.5, 0.6) is 0 Å². The van der Waals surface area contributed by atoms with E-state index < -0.39 is 0 Å². The topological polar surface area (TPSA) is 62.2 Å². The van der Waals surface area contributed by atoms with Crippen LogP contribution in [0, 0.1) is 27.7 Å². The lowest BCUT2D eigenvalue weighted by molar-refractivity contribution is 0.0742. The monoisotopic (exact) mass is 433 g/mol. The summed E-state index contributed by atoms with van der Waals surface area (Å²) in [4.78, 5) is 32.0. The molecule has 2 aromatic heterocycles. The second kappa shape index (κ2) is 9.06. The van der Waals surface area contributed by atoms with Gasteiger partial charge < -0.3 is 9.80 Å². The first kappa shape index (κ1) is 21.3. The van der Waals surface area contributed by atoms with E-state index in [0.29, 0.717) is 18.7 Å². The summed E-state index contributed by atoms with van der Waals surface area (Å²) in [5, 5.41) is 0.750. The zero-order valence-corrected chi connectivity index (χ0v) is 19.2. The fraction of sp³-hybridized carbons (Fsp3) is 0.333. The number of aryl methyl sites for hydroxylation is 4. The van der Waals surface area contributed by atoms with E-state index in [1.165, 1.54) is 11.1 Å². The van der Waals surface area contributed by atoms with Crippen LogP contribution in [0.4, 0.5) is 5.82 Å². The van der Waals surface area contributed by atoms with Crippen LogP contribution >= 0.6 is 11.8 Å². The molecule has 0 aliphatic carbocycles. The Labute approximate surface area is 187 Å². The van der Waals surface area contributed by atoms with Crippen molar-refractivity contribution < 1.29 is 4.79 Å². The molecule has 0 bridgehead atoms. The molecule has 0 N–H and O–H groups in total. The number of carbonyl (C=O) groups excluding carboxylic acids is 1. The summed E-state index contributed by atoms with van der Waals surface area (Å²) in [6, 6.07) is 12.1. The van der Waals surface area contributed by atoms with Gasteiger partial charge >= 0.3 is 0 Å². The van der Waals surface area contributed by atoms with Gasteiger partial charge in [0.05, 0.1) is 5.56 Å². The Morgan fingerprint density at radius 3 is 2.42 bits per heavy atom. The summed E-state index contributed by atoms with van der Waals surface area (Å²) in [6.07, 6.45) is 1.75. The molecule has 1 saturated heterocycles. The maximum atomic E-state index is 13.3. The highest BCUT2D eigenvalue weighted by molar-refractivity contribution is 7.99. The SMILES string of the molecule is Cc1cc(N2CCN(C(=O)c3cccnc3Sc3ccc(C)c(C)c3)CC2)nc(C)n1. The Hall–Kier alpha value is -2.93. The Bertz CT molecular complexity index is 1090. The fourth-order valence-corrected chi connectivity index (χ4v) is 4.67. The highest BCUT2D eigenvalue weighted by Crippen LogP contribution is 2.30. The molecule has 0 spiro atoms. The summed E-state index contributed by atoms with van der Waals surface area (Å²) >= 11 is 1.54. The lowest BCUT2D eigenvalue weighted by atomic mass is 10.1. The van der Waals surface area contributed by atoms with Crippen molar-refractivity contribution in [1.29, 1.82) is 0 Å². The van der Waals surface area contributed by atoms with Crippen molar-refractivity contribution in [3.05, 3.63) is 70.8 Å². The molecule has 0 atom stereocenters. The lowest BCUT2D eigenvalue weighted by Gasteiger charge is -2.35. The van der Waals surface area contributed by atoms with Gasteiger partial charge in [0.1, 0.15) is 16.7 Å². The van der Waals surface area contributed by atoms with Crippen LogP contribution in [0.25, 0.3) is 0 Å². The van der Waals surface area contributed by atoms with Crippen LogP contribution in [-0.2, 0) is 0 Å². The molecule has 1 aliphatic rings. The van der Waals surface area contributed by atoms with Crippen LogP contribution in [0.2, 0.25) is 0 Å². The van der Waals surface area contributed by atoms with E-state index in [1.807, 2.05) is 36.9 Å². The zero-order chi connectivity index (χ0) is 22.0. The highest BCUT2D eigenvalue weighted by atomic mass is 32.2. The van der Waals surface area contributed by atoms with Gasteiger partial charge in [-0.3, -0.25) is 4.79 Å². The van der Waals surface area contributed by atoms with Crippen molar-refractivity contribution in [2.24, 2.45) is 0 Å². The summed E-state index contributed by atoms with van der Waals surface area (Å²) in [5.41, 5.74) is 4.12. The summed E-state index contributed by atoms with van der Waals surface area (Å²) in [7, 11) is 0. The van der Waals surface area contributed by atoms with Gasteiger partial charge in [0.2, 0.25) is 0 Å². The standard InChI is InChI=1S/C24H27N5OS/c1-16-7-8-20(14-17(16)2)31-23-21(6-5-9-25-23)24(30)29-12-10-28(11-13-29)22-15-18(3)26-19(4)27-22/h5-9,14-15H,10-13H2,1-4H3. The molecule has 1 fully saturated rings. The van der Waals surface area contributed by atoms with E-state index in [4.69, 9.17) is 0 Å². The number of carbonyl (C=O) groups is 1. The molecular formula is C24H27N5OS. The van der Waals surface area contributed by atoms with Gasteiger partial charge in [-0.05, 0) is 63.1 Å². The average Bonchev–Trinajstić information content (AvgIpc) is 2.76. The zero-order valence-electron chi connectivity index (χ0n) is 18.4. The summed E-state index contributed by atoms with van der Waals surface area (Å²) in [6.45, 7) is 10.9. The van der Waals surface area contributed by atoms with Crippen molar-refractivity contribution in [2.75, 3.05) is 31.1 Å². The molecule has 0 radical (unpaired) electrons. The molecule has 0 saturated carbocycles. The number of nitrogens with zero attached hydrogens (tertiary/aromatic N) is 5. The number of piperazine rings is 1. The minimum atomic E-state index is 0.0362. The first-order chi connectivity index (χ1) is 14.9. The Morgan fingerprint density at radius 1 is 0.935 bits per heavy atom. The molecule has 7 heteroatoms. The number of hydrogen-bond donors (Lipinski definition) is 0. The highest BCUT2D eigenvalue weighted by Gasteiger charge is 2.25. The van der Waals surface area contributed by atoms with Crippen LogP contribution in [0.3, 0.4) is 0 Å². The van der Waals surface area contributed by atoms with Gasteiger partial charge in [0.15, 0.2) is 0 Å². The average molecular weight is 434 g/mol. The first-order valence-corrected chi connectivity index (χ1v) is 11.3. The molecule has 1 aliphatic heterocycles. The molecule has 160 valence electrons. The predicted octanol–water partition coefficient (Wildman–Crippen LogP) is 4.22. The number of pyridine rings is 1. The largest absolute Gasteiger partial charge is 0.353 e. The van der Waals surface area contributed by atoms with E-state index in [1.54, 1.807) is 18.0 Å². The van der Waals surface area contributed by atoms with E-state index in [0.717, 1.165) is 40.3 Å². The molecule has 4 rings (SSSR count). The van der Waals surface area contributed by atoms with E-state index >= 15 is 0 Å². The predicted molar refractivity (Wildman–Crippen MR) is 124 cm³/mol. The second-order valence-corrected chi connectivity index (χ2v) is 8.96. The van der Waals surface area contributed by atoms with Gasteiger partial charge in [-0.15, -0.1) is 0 Å². The second-order valence-electron chi connectivity index (χ2n) is 7.90. The van der Waals surface area contributed by atoms with E-state index in [-0.39, 0.29) is 5.91 Å². The third-order valence-electron chi connectivity index (χ3n) is 5.54. The van der Waals surface area contributed by atoms with Crippen LogP contribution in [0.15, 0.2) is 52.5 Å². The molecule has 0 unspecified atom stereocenters. The molecule has 1 aromatic carbocycles. The van der Waals surface area contributed by atoms with Crippen LogP contribution in [0.1, 0.15) is 33.0 Å². The van der Waals surface area contributed by atoms with Crippen molar-refractivity contribution in [3.8, 4) is 0 Å². The number of aromatic nitrogens is 3. The molecule has 31 heavy (non-hydrogen) atoms. The Balaban J connectivity index is 1.47. The smallest absolute Gasteiger partial charge is 0.256 e. The van der Waals surface area contributed by atoms with Gasteiger partial charge in [-0.25, -0.2) is 15.0 Å². The number of benzene rings is 1. The number of anilines is 1. The van der Waals surface area contributed by atoms with Gasteiger partial charge in [0.25, 0.3) is 5.91 Å². The Kier molecular flexibility index (Phi) is 6.23. The maximum absolute atomic E-state index is 13.3. The van der Waals surface area contributed by atoms with E-state index in [2.05, 4.69) is 51.9 Å². The van der Waals surface area contributed by atoms with Gasteiger partial charge in [-0.2, -0.15) is 0 Å².